The van der Waals surface area contributed by atoms with Crippen molar-refractivity contribution in [3.63, 3.8) is 0 Å². The fourth-order valence-electron chi connectivity index (χ4n) is 5.10. The van der Waals surface area contributed by atoms with E-state index in [0.29, 0.717) is 6.04 Å². The average molecular weight is 235 g/mol. The lowest BCUT2D eigenvalue weighted by atomic mass is 9.71. The van der Waals surface area contributed by atoms with E-state index in [1.807, 2.05) is 0 Å². The standard InChI is InChI=1S/C16H29N/c1-2-11-3-6-13(7-4-11)16(17)15-10-12-5-8-14(15)9-12/h11-16H,2-10,17H2,1H3. The maximum absolute atomic E-state index is 6.63. The van der Waals surface area contributed by atoms with E-state index in [2.05, 4.69) is 6.92 Å². The molecule has 2 bridgehead atoms. The predicted molar refractivity (Wildman–Crippen MR) is 72.7 cm³/mol. The van der Waals surface area contributed by atoms with Gasteiger partial charge in [-0.2, -0.15) is 0 Å². The fraction of sp³-hybridized carbons (Fsp3) is 1.00. The van der Waals surface area contributed by atoms with Gasteiger partial charge in [-0.15, -0.1) is 0 Å². The van der Waals surface area contributed by atoms with Crippen molar-refractivity contribution in [2.45, 2.75) is 70.8 Å². The van der Waals surface area contributed by atoms with Crippen molar-refractivity contribution in [3.05, 3.63) is 0 Å². The molecule has 0 radical (unpaired) electrons. The van der Waals surface area contributed by atoms with Gasteiger partial charge in [0.1, 0.15) is 0 Å². The van der Waals surface area contributed by atoms with Crippen molar-refractivity contribution < 1.29 is 0 Å². The molecule has 3 saturated carbocycles. The summed E-state index contributed by atoms with van der Waals surface area (Å²) in [6.07, 6.45) is 13.1. The van der Waals surface area contributed by atoms with Crippen LogP contribution in [0.25, 0.3) is 0 Å². The molecule has 0 aliphatic heterocycles. The minimum Gasteiger partial charge on any atom is -0.327 e. The summed E-state index contributed by atoms with van der Waals surface area (Å²) in [7, 11) is 0. The highest BCUT2D eigenvalue weighted by atomic mass is 14.7. The Balaban J connectivity index is 1.54. The van der Waals surface area contributed by atoms with Gasteiger partial charge in [0.15, 0.2) is 0 Å². The molecule has 3 fully saturated rings. The maximum Gasteiger partial charge on any atom is 0.00983 e. The van der Waals surface area contributed by atoms with Crippen LogP contribution in [0, 0.1) is 29.6 Å². The van der Waals surface area contributed by atoms with E-state index in [4.69, 9.17) is 5.73 Å². The van der Waals surface area contributed by atoms with Gasteiger partial charge in [-0.25, -0.2) is 0 Å². The normalized spacial score (nSPS) is 47.3. The van der Waals surface area contributed by atoms with Gasteiger partial charge in [0.25, 0.3) is 0 Å². The summed E-state index contributed by atoms with van der Waals surface area (Å²) in [5.41, 5.74) is 6.63. The Morgan fingerprint density at radius 3 is 2.29 bits per heavy atom. The molecule has 0 aromatic heterocycles. The lowest BCUT2D eigenvalue weighted by Gasteiger charge is -2.37. The first-order chi connectivity index (χ1) is 8.28. The zero-order chi connectivity index (χ0) is 11.8. The van der Waals surface area contributed by atoms with E-state index in [9.17, 15) is 0 Å². The quantitative estimate of drug-likeness (QED) is 0.787. The summed E-state index contributed by atoms with van der Waals surface area (Å²) >= 11 is 0. The molecule has 0 aromatic carbocycles. The van der Waals surface area contributed by atoms with Crippen molar-refractivity contribution >= 4 is 0 Å². The third kappa shape index (κ3) is 2.28. The zero-order valence-electron chi connectivity index (χ0n) is 11.4. The van der Waals surface area contributed by atoms with Gasteiger partial charge in [0, 0.05) is 6.04 Å². The van der Waals surface area contributed by atoms with Crippen LogP contribution in [-0.4, -0.2) is 6.04 Å². The van der Waals surface area contributed by atoms with Crippen molar-refractivity contribution in [1.82, 2.24) is 0 Å². The molecule has 0 amide bonds. The van der Waals surface area contributed by atoms with Gasteiger partial charge in [-0.1, -0.05) is 32.6 Å². The lowest BCUT2D eigenvalue weighted by molar-refractivity contribution is 0.168. The van der Waals surface area contributed by atoms with Gasteiger partial charge in [-0.3, -0.25) is 0 Å². The summed E-state index contributed by atoms with van der Waals surface area (Å²) in [6.45, 7) is 2.35. The topological polar surface area (TPSA) is 26.0 Å². The second-order valence-corrected chi connectivity index (χ2v) is 7.11. The minimum atomic E-state index is 0.545. The lowest BCUT2D eigenvalue weighted by Crippen LogP contribution is -2.41. The van der Waals surface area contributed by atoms with Gasteiger partial charge in [0.05, 0.1) is 0 Å². The Hall–Kier alpha value is -0.0400. The van der Waals surface area contributed by atoms with E-state index in [-0.39, 0.29) is 0 Å². The first kappa shape index (κ1) is 12.0. The van der Waals surface area contributed by atoms with Crippen LogP contribution in [0.5, 0.6) is 0 Å². The molecule has 98 valence electrons. The van der Waals surface area contributed by atoms with Crippen molar-refractivity contribution in [1.29, 1.82) is 0 Å². The van der Waals surface area contributed by atoms with Crippen LogP contribution in [-0.2, 0) is 0 Å². The number of rotatable bonds is 3. The summed E-state index contributed by atoms with van der Waals surface area (Å²) in [5.74, 6) is 4.85. The van der Waals surface area contributed by atoms with Gasteiger partial charge >= 0.3 is 0 Å². The summed E-state index contributed by atoms with van der Waals surface area (Å²) in [6, 6.07) is 0.545. The maximum atomic E-state index is 6.63. The molecule has 2 N–H and O–H groups in total. The second kappa shape index (κ2) is 4.91. The molecule has 3 rings (SSSR count). The average Bonchev–Trinajstić information content (AvgIpc) is 3.00. The highest BCUT2D eigenvalue weighted by molar-refractivity contribution is 4.96. The first-order valence-electron chi connectivity index (χ1n) is 8.03. The zero-order valence-corrected chi connectivity index (χ0v) is 11.4. The Morgan fingerprint density at radius 2 is 1.76 bits per heavy atom. The fourth-order valence-corrected chi connectivity index (χ4v) is 5.10. The third-order valence-electron chi connectivity index (χ3n) is 6.30. The molecule has 0 aromatic rings. The van der Waals surface area contributed by atoms with E-state index in [0.717, 1.165) is 29.6 Å². The van der Waals surface area contributed by atoms with Crippen LogP contribution >= 0.6 is 0 Å². The number of hydrogen-bond acceptors (Lipinski definition) is 1. The van der Waals surface area contributed by atoms with Crippen molar-refractivity contribution in [2.75, 3.05) is 0 Å². The third-order valence-corrected chi connectivity index (χ3v) is 6.30. The molecule has 4 atom stereocenters. The Labute approximate surface area is 107 Å². The monoisotopic (exact) mass is 235 g/mol. The van der Waals surface area contributed by atoms with Gasteiger partial charge in [-0.05, 0) is 61.7 Å². The van der Waals surface area contributed by atoms with Gasteiger partial charge < -0.3 is 5.73 Å². The molecular weight excluding hydrogens is 206 g/mol. The minimum absolute atomic E-state index is 0.545. The van der Waals surface area contributed by atoms with Crippen LogP contribution in [0.1, 0.15) is 64.7 Å². The molecule has 0 heterocycles. The van der Waals surface area contributed by atoms with Crippen LogP contribution in [0.3, 0.4) is 0 Å². The predicted octanol–water partition coefficient (Wildman–Crippen LogP) is 3.97. The van der Waals surface area contributed by atoms with E-state index in [1.165, 1.54) is 57.8 Å². The summed E-state index contributed by atoms with van der Waals surface area (Å²) in [5, 5.41) is 0. The highest BCUT2D eigenvalue weighted by Gasteiger charge is 2.44. The smallest absolute Gasteiger partial charge is 0.00983 e. The molecule has 3 aliphatic carbocycles. The van der Waals surface area contributed by atoms with E-state index < -0.39 is 0 Å². The highest BCUT2D eigenvalue weighted by Crippen LogP contribution is 2.51. The molecule has 1 heteroatoms. The van der Waals surface area contributed by atoms with Crippen molar-refractivity contribution in [2.24, 2.45) is 35.3 Å². The Bertz CT molecular complexity index is 254. The van der Waals surface area contributed by atoms with Crippen LogP contribution in [0.15, 0.2) is 0 Å². The van der Waals surface area contributed by atoms with Crippen LogP contribution in [0.4, 0.5) is 0 Å². The largest absolute Gasteiger partial charge is 0.327 e. The number of fused-ring (bicyclic) bond motifs is 2. The molecule has 17 heavy (non-hydrogen) atoms. The number of nitrogens with two attached hydrogens (primary N) is 1. The molecule has 0 spiro atoms. The molecule has 3 aliphatic rings. The van der Waals surface area contributed by atoms with Crippen molar-refractivity contribution in [3.8, 4) is 0 Å². The second-order valence-electron chi connectivity index (χ2n) is 7.11. The molecule has 4 unspecified atom stereocenters. The number of hydrogen-bond donors (Lipinski definition) is 1. The molecule has 1 nitrogen and oxygen atoms in total. The Morgan fingerprint density at radius 1 is 1.00 bits per heavy atom. The summed E-state index contributed by atoms with van der Waals surface area (Å²) in [4.78, 5) is 0. The van der Waals surface area contributed by atoms with Crippen LogP contribution < -0.4 is 5.73 Å². The Kier molecular flexibility index (Phi) is 3.47. The van der Waals surface area contributed by atoms with E-state index >= 15 is 0 Å². The van der Waals surface area contributed by atoms with E-state index in [1.54, 1.807) is 0 Å². The first-order valence-corrected chi connectivity index (χ1v) is 8.03. The van der Waals surface area contributed by atoms with Gasteiger partial charge in [0.2, 0.25) is 0 Å². The SMILES string of the molecule is CCC1CCC(C(N)C2CC3CCC2C3)CC1. The molecule has 0 saturated heterocycles. The molecular formula is C16H29N. The van der Waals surface area contributed by atoms with Crippen LogP contribution in [0.2, 0.25) is 0 Å². The summed E-state index contributed by atoms with van der Waals surface area (Å²) < 4.78 is 0.